The van der Waals surface area contributed by atoms with Crippen molar-refractivity contribution in [3.8, 4) is 0 Å². The Morgan fingerprint density at radius 1 is 1.33 bits per heavy atom. The lowest BCUT2D eigenvalue weighted by molar-refractivity contribution is -0.145. The van der Waals surface area contributed by atoms with Crippen LogP contribution in [0.1, 0.15) is 12.5 Å². The molecule has 0 aromatic heterocycles. The Hall–Kier alpha value is -1.89. The van der Waals surface area contributed by atoms with E-state index >= 15 is 0 Å². The molecule has 2 aliphatic heterocycles. The van der Waals surface area contributed by atoms with Crippen molar-refractivity contribution in [3.63, 3.8) is 0 Å². The van der Waals surface area contributed by atoms with Crippen LogP contribution < -0.4 is 0 Å². The summed E-state index contributed by atoms with van der Waals surface area (Å²) in [5, 5.41) is 0. The summed E-state index contributed by atoms with van der Waals surface area (Å²) in [5.41, 5.74) is 0.607. The number of rotatable bonds is 1. The molecule has 3 rings (SSSR count). The van der Waals surface area contributed by atoms with Crippen molar-refractivity contribution >= 4 is 21.8 Å². The molecule has 6 nitrogen and oxygen atoms in total. The molecule has 2 heterocycles. The standard InChI is InChI=1S/C14H16N2O4S/c1-9-7-16(8-11(9)14(17)20-2)13-10-5-3-4-6-12(10)21(18,19)15-13/h3-6,9,11H,7-8H2,1-2H3. The van der Waals surface area contributed by atoms with Gasteiger partial charge in [-0.1, -0.05) is 19.1 Å². The lowest BCUT2D eigenvalue weighted by Gasteiger charge is -2.17. The molecule has 1 saturated heterocycles. The fourth-order valence-corrected chi connectivity index (χ4v) is 4.14. The molecule has 0 N–H and O–H groups in total. The van der Waals surface area contributed by atoms with Crippen molar-refractivity contribution in [2.24, 2.45) is 16.2 Å². The van der Waals surface area contributed by atoms with Crippen LogP contribution in [0.3, 0.4) is 0 Å². The molecule has 0 radical (unpaired) electrons. The minimum atomic E-state index is -3.62. The van der Waals surface area contributed by atoms with Gasteiger partial charge in [-0.15, -0.1) is 4.40 Å². The largest absolute Gasteiger partial charge is 0.469 e. The average Bonchev–Trinajstić information content (AvgIpc) is 2.97. The zero-order valence-corrected chi connectivity index (χ0v) is 12.6. The molecule has 1 aromatic rings. The van der Waals surface area contributed by atoms with E-state index in [0.717, 1.165) is 0 Å². The maximum Gasteiger partial charge on any atom is 0.310 e. The van der Waals surface area contributed by atoms with Crippen molar-refractivity contribution < 1.29 is 17.9 Å². The van der Waals surface area contributed by atoms with Gasteiger partial charge in [0.25, 0.3) is 10.0 Å². The first-order valence-electron chi connectivity index (χ1n) is 6.71. The van der Waals surface area contributed by atoms with Crippen LogP contribution in [0.25, 0.3) is 0 Å². The third-order valence-corrected chi connectivity index (χ3v) is 5.35. The van der Waals surface area contributed by atoms with E-state index in [2.05, 4.69) is 4.40 Å². The van der Waals surface area contributed by atoms with Crippen LogP contribution in [-0.2, 0) is 19.6 Å². The first-order chi connectivity index (χ1) is 9.94. The van der Waals surface area contributed by atoms with Crippen LogP contribution in [0.5, 0.6) is 0 Å². The second-order valence-electron chi connectivity index (χ2n) is 5.40. The second-order valence-corrected chi connectivity index (χ2v) is 6.97. The number of hydrogen-bond donors (Lipinski definition) is 0. The van der Waals surface area contributed by atoms with E-state index in [1.807, 2.05) is 11.8 Å². The van der Waals surface area contributed by atoms with Gasteiger partial charge in [-0.3, -0.25) is 4.79 Å². The topological polar surface area (TPSA) is 76.0 Å². The summed E-state index contributed by atoms with van der Waals surface area (Å²) in [6, 6.07) is 6.76. The van der Waals surface area contributed by atoms with E-state index in [4.69, 9.17) is 4.74 Å². The highest BCUT2D eigenvalue weighted by Gasteiger charge is 2.40. The first kappa shape index (κ1) is 14.1. The van der Waals surface area contributed by atoms with E-state index in [-0.39, 0.29) is 22.7 Å². The maximum absolute atomic E-state index is 12.1. The number of methoxy groups -OCH3 is 1. The molecule has 112 valence electrons. The number of likely N-dealkylation sites (tertiary alicyclic amines) is 1. The van der Waals surface area contributed by atoms with Crippen molar-refractivity contribution in [3.05, 3.63) is 29.8 Å². The first-order valence-corrected chi connectivity index (χ1v) is 8.15. The van der Waals surface area contributed by atoms with Crippen LogP contribution in [0.15, 0.2) is 33.6 Å². The van der Waals surface area contributed by atoms with E-state index in [9.17, 15) is 13.2 Å². The van der Waals surface area contributed by atoms with Gasteiger partial charge in [0, 0.05) is 18.7 Å². The second kappa shape index (κ2) is 4.84. The Balaban J connectivity index is 1.95. The lowest BCUT2D eigenvalue weighted by atomic mass is 9.99. The Bertz CT molecular complexity index is 726. The van der Waals surface area contributed by atoms with Gasteiger partial charge < -0.3 is 9.64 Å². The zero-order valence-electron chi connectivity index (χ0n) is 11.8. The molecule has 2 unspecified atom stereocenters. The summed E-state index contributed by atoms with van der Waals surface area (Å²) in [6.45, 7) is 2.97. The molecule has 2 atom stereocenters. The van der Waals surface area contributed by atoms with Crippen LogP contribution >= 0.6 is 0 Å². The van der Waals surface area contributed by atoms with E-state index in [1.54, 1.807) is 24.3 Å². The highest BCUT2D eigenvalue weighted by molar-refractivity contribution is 7.90. The number of amidine groups is 1. The van der Waals surface area contributed by atoms with Crippen molar-refractivity contribution in [2.45, 2.75) is 11.8 Å². The minimum Gasteiger partial charge on any atom is -0.469 e. The summed E-state index contributed by atoms with van der Waals surface area (Å²) < 4.78 is 32.8. The summed E-state index contributed by atoms with van der Waals surface area (Å²) >= 11 is 0. The molecule has 0 spiro atoms. The summed E-state index contributed by atoms with van der Waals surface area (Å²) in [7, 11) is -2.26. The molecule has 7 heteroatoms. The number of fused-ring (bicyclic) bond motifs is 1. The van der Waals surface area contributed by atoms with Crippen LogP contribution in [0.2, 0.25) is 0 Å². The molecule has 0 amide bonds. The minimum absolute atomic E-state index is 0.0932. The molecular weight excluding hydrogens is 292 g/mol. The molecule has 21 heavy (non-hydrogen) atoms. The Kier molecular flexibility index (Phi) is 3.24. The monoisotopic (exact) mass is 308 g/mol. The van der Waals surface area contributed by atoms with Crippen LogP contribution in [0.4, 0.5) is 0 Å². The smallest absolute Gasteiger partial charge is 0.310 e. The Morgan fingerprint density at radius 2 is 2.05 bits per heavy atom. The third-order valence-electron chi connectivity index (χ3n) is 4.03. The number of ether oxygens (including phenoxy) is 1. The van der Waals surface area contributed by atoms with Gasteiger partial charge >= 0.3 is 5.97 Å². The highest BCUT2D eigenvalue weighted by Crippen LogP contribution is 2.32. The molecule has 0 aliphatic carbocycles. The summed E-state index contributed by atoms with van der Waals surface area (Å²) in [4.78, 5) is 13.8. The average molecular weight is 308 g/mol. The van der Waals surface area contributed by atoms with E-state index in [1.165, 1.54) is 7.11 Å². The molecule has 1 aromatic carbocycles. The molecule has 0 saturated carbocycles. The SMILES string of the molecule is COC(=O)C1CN(C2=NS(=O)(=O)c3ccccc32)CC1C. The molecule has 2 aliphatic rings. The molecular formula is C14H16N2O4S. The number of nitrogens with zero attached hydrogens (tertiary/aromatic N) is 2. The number of sulfonamides is 1. The van der Waals surface area contributed by atoms with Gasteiger partial charge in [-0.05, 0) is 18.1 Å². The lowest BCUT2D eigenvalue weighted by Crippen LogP contribution is -2.30. The van der Waals surface area contributed by atoms with Gasteiger partial charge in [0.15, 0.2) is 5.84 Å². The van der Waals surface area contributed by atoms with E-state index in [0.29, 0.717) is 24.5 Å². The Morgan fingerprint density at radius 3 is 2.76 bits per heavy atom. The normalized spacial score (nSPS) is 26.4. The van der Waals surface area contributed by atoms with Crippen molar-refractivity contribution in [1.29, 1.82) is 0 Å². The van der Waals surface area contributed by atoms with Crippen molar-refractivity contribution in [1.82, 2.24) is 4.90 Å². The van der Waals surface area contributed by atoms with Gasteiger partial charge in [0.05, 0.1) is 13.0 Å². The van der Waals surface area contributed by atoms with Gasteiger partial charge in [0.1, 0.15) is 4.90 Å². The van der Waals surface area contributed by atoms with E-state index < -0.39 is 10.0 Å². The van der Waals surface area contributed by atoms with Crippen LogP contribution in [-0.4, -0.2) is 45.3 Å². The van der Waals surface area contributed by atoms with Crippen molar-refractivity contribution in [2.75, 3.05) is 20.2 Å². The van der Waals surface area contributed by atoms with Gasteiger partial charge in [-0.25, -0.2) is 0 Å². The van der Waals surface area contributed by atoms with Gasteiger partial charge in [-0.2, -0.15) is 8.42 Å². The molecule has 1 fully saturated rings. The van der Waals surface area contributed by atoms with Gasteiger partial charge in [0.2, 0.25) is 0 Å². The number of carbonyl (C=O) groups is 1. The third kappa shape index (κ3) is 2.21. The fraction of sp³-hybridized carbons (Fsp3) is 0.429. The number of hydrogen-bond acceptors (Lipinski definition) is 5. The highest BCUT2D eigenvalue weighted by atomic mass is 32.2. The maximum atomic E-state index is 12.1. The summed E-state index contributed by atoms with van der Waals surface area (Å²) in [6.07, 6.45) is 0. The predicted molar refractivity (Wildman–Crippen MR) is 76.4 cm³/mol. The molecule has 0 bridgehead atoms. The number of benzene rings is 1. The number of carbonyl (C=O) groups excluding carboxylic acids is 1. The Labute approximate surface area is 123 Å². The zero-order chi connectivity index (χ0) is 15.2. The summed E-state index contributed by atoms with van der Waals surface area (Å²) in [5.74, 6) is 0.00683. The van der Waals surface area contributed by atoms with Crippen LogP contribution in [0, 0.1) is 11.8 Å². The number of esters is 1. The quantitative estimate of drug-likeness (QED) is 0.720. The predicted octanol–water partition coefficient (Wildman–Crippen LogP) is 0.876. The fourth-order valence-electron chi connectivity index (χ4n) is 2.91.